The van der Waals surface area contributed by atoms with Crippen LogP contribution in [-0.4, -0.2) is 22.1 Å². The van der Waals surface area contributed by atoms with Crippen LogP contribution < -0.4 is 0 Å². The number of benzene rings is 1. The molecule has 3 rings (SSSR count). The van der Waals surface area contributed by atoms with Crippen molar-refractivity contribution >= 4 is 35.0 Å². The van der Waals surface area contributed by atoms with E-state index in [9.17, 15) is 4.79 Å². The minimum absolute atomic E-state index is 0.286. The van der Waals surface area contributed by atoms with E-state index in [1.54, 1.807) is 11.3 Å². The van der Waals surface area contributed by atoms with Crippen molar-refractivity contribution in [3.63, 3.8) is 0 Å². The highest BCUT2D eigenvalue weighted by atomic mass is 35.5. The van der Waals surface area contributed by atoms with E-state index in [2.05, 4.69) is 16.5 Å². The van der Waals surface area contributed by atoms with Crippen LogP contribution in [0.25, 0.3) is 6.08 Å². The zero-order valence-corrected chi connectivity index (χ0v) is 19.0. The lowest BCUT2D eigenvalue weighted by Gasteiger charge is -2.13. The molecule has 30 heavy (non-hydrogen) atoms. The molecule has 2 aromatic heterocycles. The lowest BCUT2D eigenvalue weighted by molar-refractivity contribution is -0.138. The Labute approximate surface area is 187 Å². The second-order valence-electron chi connectivity index (χ2n) is 7.03. The van der Waals surface area contributed by atoms with E-state index in [0.29, 0.717) is 25.1 Å². The molecule has 0 unspecified atom stereocenters. The number of ether oxygens (including phenoxy) is 1. The molecule has 0 saturated carbocycles. The summed E-state index contributed by atoms with van der Waals surface area (Å²) in [5.74, 6) is 0.717. The van der Waals surface area contributed by atoms with E-state index in [1.807, 2.05) is 61.0 Å². The molecule has 0 aliphatic heterocycles. The summed E-state index contributed by atoms with van der Waals surface area (Å²) < 4.78 is 7.48. The summed E-state index contributed by atoms with van der Waals surface area (Å²) in [4.78, 5) is 18.4. The fourth-order valence-electron chi connectivity index (χ4n) is 3.24. The number of esters is 1. The van der Waals surface area contributed by atoms with Crippen LogP contribution in [-0.2, 0) is 28.9 Å². The highest BCUT2D eigenvalue weighted by molar-refractivity contribution is 7.09. The monoisotopic (exact) mass is 442 g/mol. The number of hydrogen-bond donors (Lipinski definition) is 0. The number of hydrogen-bond acceptors (Lipinski definition) is 4. The molecule has 0 aliphatic carbocycles. The van der Waals surface area contributed by atoms with Crippen LogP contribution in [0, 0.1) is 0 Å². The van der Waals surface area contributed by atoms with Gasteiger partial charge in [-0.25, -0.2) is 9.78 Å². The summed E-state index contributed by atoms with van der Waals surface area (Å²) >= 11 is 8.05. The Hall–Kier alpha value is -2.37. The molecule has 4 nitrogen and oxygen atoms in total. The predicted molar refractivity (Wildman–Crippen MR) is 124 cm³/mol. The van der Waals surface area contributed by atoms with E-state index in [4.69, 9.17) is 16.3 Å². The normalized spacial score (nSPS) is 11.6. The van der Waals surface area contributed by atoms with Gasteiger partial charge in [-0.3, -0.25) is 0 Å². The third-order valence-electron chi connectivity index (χ3n) is 4.81. The number of thiophene rings is 1. The molecule has 6 heteroatoms. The van der Waals surface area contributed by atoms with E-state index < -0.39 is 0 Å². The fraction of sp³-hybridized carbons (Fsp3) is 0.333. The van der Waals surface area contributed by atoms with Crippen LogP contribution in [0.2, 0.25) is 5.02 Å². The first kappa shape index (κ1) is 22.3. The van der Waals surface area contributed by atoms with Crippen molar-refractivity contribution < 1.29 is 9.53 Å². The summed E-state index contributed by atoms with van der Waals surface area (Å²) in [7, 11) is 0. The predicted octanol–water partition coefficient (Wildman–Crippen LogP) is 6.18. The summed E-state index contributed by atoms with van der Waals surface area (Å²) in [6.07, 6.45) is 7.33. The molecule has 1 aromatic carbocycles. The molecule has 0 radical (unpaired) electrons. The van der Waals surface area contributed by atoms with Gasteiger partial charge in [0, 0.05) is 28.3 Å². The molecule has 0 amide bonds. The van der Waals surface area contributed by atoms with Crippen LogP contribution >= 0.6 is 22.9 Å². The van der Waals surface area contributed by atoms with Gasteiger partial charge in [0.15, 0.2) is 0 Å². The molecule has 0 fully saturated rings. The van der Waals surface area contributed by atoms with Gasteiger partial charge >= 0.3 is 5.97 Å². The Morgan fingerprint density at radius 1 is 1.23 bits per heavy atom. The minimum atomic E-state index is -0.286. The first-order valence-electron chi connectivity index (χ1n) is 10.3. The van der Waals surface area contributed by atoms with Crippen molar-refractivity contribution in [2.45, 2.75) is 46.1 Å². The number of carbonyl (C=O) groups is 1. The third-order valence-corrected chi connectivity index (χ3v) is 6.06. The molecule has 158 valence electrons. The van der Waals surface area contributed by atoms with Gasteiger partial charge in [0.25, 0.3) is 0 Å². The topological polar surface area (TPSA) is 44.1 Å². The number of unbranched alkanes of at least 4 members (excludes halogenated alkanes) is 1. The smallest absolute Gasteiger partial charge is 0.334 e. The van der Waals surface area contributed by atoms with Crippen molar-refractivity contribution in [3.8, 4) is 0 Å². The van der Waals surface area contributed by atoms with Crippen molar-refractivity contribution in [1.82, 2.24) is 9.55 Å². The lowest BCUT2D eigenvalue weighted by Crippen LogP contribution is -2.11. The Kier molecular flexibility index (Phi) is 8.29. The van der Waals surface area contributed by atoms with Crippen molar-refractivity contribution in [1.29, 1.82) is 0 Å². The second kappa shape index (κ2) is 11.1. The van der Waals surface area contributed by atoms with Crippen LogP contribution in [0.4, 0.5) is 0 Å². The van der Waals surface area contributed by atoms with Crippen molar-refractivity contribution in [2.24, 2.45) is 0 Å². The molecule has 0 atom stereocenters. The van der Waals surface area contributed by atoms with Crippen LogP contribution in [0.5, 0.6) is 0 Å². The van der Waals surface area contributed by atoms with E-state index in [-0.39, 0.29) is 5.97 Å². The van der Waals surface area contributed by atoms with Crippen molar-refractivity contribution in [3.05, 3.63) is 80.5 Å². The highest BCUT2D eigenvalue weighted by Crippen LogP contribution is 2.22. The average Bonchev–Trinajstić information content (AvgIpc) is 3.38. The zero-order valence-electron chi connectivity index (χ0n) is 17.4. The maximum absolute atomic E-state index is 12.6. The molecular formula is C24H27ClN2O2S. The molecule has 0 bridgehead atoms. The van der Waals surface area contributed by atoms with Gasteiger partial charge in [-0.1, -0.05) is 49.2 Å². The van der Waals surface area contributed by atoms with E-state index in [0.717, 1.165) is 46.2 Å². The highest BCUT2D eigenvalue weighted by Gasteiger charge is 2.16. The van der Waals surface area contributed by atoms with Gasteiger partial charge in [-0.15, -0.1) is 11.3 Å². The summed E-state index contributed by atoms with van der Waals surface area (Å²) in [6, 6.07) is 11.9. The maximum Gasteiger partial charge on any atom is 0.334 e. The molecule has 0 N–H and O–H groups in total. The van der Waals surface area contributed by atoms with Crippen LogP contribution in [0.15, 0.2) is 53.5 Å². The Morgan fingerprint density at radius 3 is 2.77 bits per heavy atom. The standard InChI is InChI=1S/C24H27ClN2O2S/c1-3-5-12-23-26-16-20(27(23)17-18-9-6-7-11-22(18)25)14-19(24(28)29-4-2)15-21-10-8-13-30-21/h6-11,13-14,16H,3-5,12,15,17H2,1-2H3/b19-14+. The van der Waals surface area contributed by atoms with Gasteiger partial charge < -0.3 is 9.30 Å². The SMILES string of the molecule is CCCCc1ncc(/C=C(\Cc2cccs2)C(=O)OCC)n1Cc1ccccc1Cl. The second-order valence-corrected chi connectivity index (χ2v) is 8.47. The van der Waals surface area contributed by atoms with Gasteiger partial charge in [-0.05, 0) is 42.5 Å². The van der Waals surface area contributed by atoms with Gasteiger partial charge in [0.1, 0.15) is 5.82 Å². The minimum Gasteiger partial charge on any atom is -0.463 e. The third kappa shape index (κ3) is 5.83. The molecule has 3 aromatic rings. The number of rotatable bonds is 10. The molecule has 2 heterocycles. The molecular weight excluding hydrogens is 416 g/mol. The Morgan fingerprint density at radius 2 is 2.07 bits per heavy atom. The molecule has 0 spiro atoms. The Balaban J connectivity index is 1.99. The first-order chi connectivity index (χ1) is 14.6. The van der Waals surface area contributed by atoms with Crippen LogP contribution in [0.3, 0.4) is 0 Å². The fourth-order valence-corrected chi connectivity index (χ4v) is 4.17. The van der Waals surface area contributed by atoms with Gasteiger partial charge in [0.05, 0.1) is 25.0 Å². The number of nitrogens with zero attached hydrogens (tertiary/aromatic N) is 2. The van der Waals surface area contributed by atoms with Gasteiger partial charge in [-0.2, -0.15) is 0 Å². The maximum atomic E-state index is 12.6. The van der Waals surface area contributed by atoms with Crippen molar-refractivity contribution in [2.75, 3.05) is 6.61 Å². The molecule has 0 saturated heterocycles. The number of aryl methyl sites for hydroxylation is 1. The van der Waals surface area contributed by atoms with Crippen LogP contribution in [0.1, 0.15) is 48.6 Å². The lowest BCUT2D eigenvalue weighted by atomic mass is 10.1. The van der Waals surface area contributed by atoms with E-state index >= 15 is 0 Å². The molecule has 0 aliphatic rings. The average molecular weight is 443 g/mol. The summed E-state index contributed by atoms with van der Waals surface area (Å²) in [5, 5.41) is 2.74. The number of imidazole rings is 1. The zero-order chi connectivity index (χ0) is 21.3. The number of aromatic nitrogens is 2. The van der Waals surface area contributed by atoms with E-state index in [1.165, 1.54) is 0 Å². The summed E-state index contributed by atoms with van der Waals surface area (Å²) in [5.41, 5.74) is 2.54. The first-order valence-corrected chi connectivity index (χ1v) is 11.6. The summed E-state index contributed by atoms with van der Waals surface area (Å²) in [6.45, 7) is 4.95. The quantitative estimate of drug-likeness (QED) is 0.278. The Bertz CT molecular complexity index is 993. The number of carbonyl (C=O) groups excluding carboxylic acids is 1. The number of halogens is 1. The van der Waals surface area contributed by atoms with Gasteiger partial charge in [0.2, 0.25) is 0 Å². The largest absolute Gasteiger partial charge is 0.463 e.